The van der Waals surface area contributed by atoms with E-state index < -0.39 is 24.2 Å². The normalized spacial score (nSPS) is 22.2. The molecule has 8 nitrogen and oxygen atoms in total. The minimum atomic E-state index is -1.04. The lowest BCUT2D eigenvalue weighted by Crippen LogP contribution is -2.56. The van der Waals surface area contributed by atoms with Gasteiger partial charge in [-0.3, -0.25) is 9.59 Å². The van der Waals surface area contributed by atoms with Gasteiger partial charge in [0.2, 0.25) is 11.8 Å². The molecule has 0 saturated heterocycles. The summed E-state index contributed by atoms with van der Waals surface area (Å²) in [5, 5.41) is 23.5. The second-order valence-corrected chi connectivity index (χ2v) is 9.43. The molecule has 0 bridgehead atoms. The van der Waals surface area contributed by atoms with Gasteiger partial charge in [0, 0.05) is 30.1 Å². The number of hydrogen-bond donors (Lipinski definition) is 3. The van der Waals surface area contributed by atoms with Crippen LogP contribution in [0.3, 0.4) is 0 Å². The second kappa shape index (κ2) is 11.1. The van der Waals surface area contributed by atoms with Crippen LogP contribution in [0.5, 0.6) is 11.5 Å². The molecule has 0 spiro atoms. The van der Waals surface area contributed by atoms with Crippen LogP contribution in [-0.4, -0.2) is 72.0 Å². The number of para-hydroxylation sites is 2. The van der Waals surface area contributed by atoms with Crippen LogP contribution in [0.25, 0.3) is 0 Å². The molecule has 2 aromatic carbocycles. The fourth-order valence-corrected chi connectivity index (χ4v) is 5.08. The Kier molecular flexibility index (Phi) is 7.96. The first-order chi connectivity index (χ1) is 17.4. The summed E-state index contributed by atoms with van der Waals surface area (Å²) in [6.07, 6.45) is 0.450. The average Bonchev–Trinajstić information content (AvgIpc) is 3.28. The van der Waals surface area contributed by atoms with Crippen molar-refractivity contribution in [2.75, 3.05) is 26.8 Å². The molecule has 0 fully saturated rings. The Morgan fingerprint density at radius 3 is 2.58 bits per heavy atom. The number of ether oxygens (including phenoxy) is 2. The predicted molar refractivity (Wildman–Crippen MR) is 135 cm³/mol. The molecular weight excluding hydrogens is 460 g/mol. The Morgan fingerprint density at radius 1 is 1.14 bits per heavy atom. The van der Waals surface area contributed by atoms with E-state index in [1.165, 1.54) is 0 Å². The third-order valence-corrected chi connectivity index (χ3v) is 6.83. The number of carbonyl (C=O) groups is 2. The van der Waals surface area contributed by atoms with Gasteiger partial charge in [-0.05, 0) is 30.2 Å². The maximum absolute atomic E-state index is 13.4. The topological polar surface area (TPSA) is 108 Å². The van der Waals surface area contributed by atoms with E-state index in [4.69, 9.17) is 9.47 Å². The van der Waals surface area contributed by atoms with Gasteiger partial charge >= 0.3 is 0 Å². The van der Waals surface area contributed by atoms with E-state index in [-0.39, 0.29) is 30.9 Å². The standard InChI is InChI=1S/C28H34N2O6/c1-17(2)28(34)30(14-12-18-8-4-6-10-22(18)35-3)21-16-20(27(33)29-13-15-31)24-19-9-5-7-11-23(19)36-26(24)25(21)32/h4-11,16-17,21,24-26,31-32H,12-15H2,1-3H3,(H,29,33). The molecule has 3 N–H and O–H groups in total. The zero-order valence-corrected chi connectivity index (χ0v) is 20.9. The average molecular weight is 495 g/mol. The highest BCUT2D eigenvalue weighted by Crippen LogP contribution is 2.47. The highest BCUT2D eigenvalue weighted by molar-refractivity contribution is 5.96. The molecule has 2 aliphatic rings. The molecule has 4 rings (SSSR count). The fourth-order valence-electron chi connectivity index (χ4n) is 5.08. The summed E-state index contributed by atoms with van der Waals surface area (Å²) < 4.78 is 11.6. The molecule has 2 aromatic rings. The Labute approximate surface area is 211 Å². The van der Waals surface area contributed by atoms with Crippen molar-refractivity contribution in [2.24, 2.45) is 5.92 Å². The summed E-state index contributed by atoms with van der Waals surface area (Å²) in [4.78, 5) is 28.2. The first-order valence-corrected chi connectivity index (χ1v) is 12.3. The molecule has 0 radical (unpaired) electrons. The van der Waals surface area contributed by atoms with Crippen molar-refractivity contribution < 1.29 is 29.3 Å². The van der Waals surface area contributed by atoms with Crippen molar-refractivity contribution in [1.29, 1.82) is 0 Å². The summed E-state index contributed by atoms with van der Waals surface area (Å²) in [7, 11) is 1.61. The van der Waals surface area contributed by atoms with Crippen molar-refractivity contribution in [3.05, 3.63) is 71.3 Å². The van der Waals surface area contributed by atoms with Crippen molar-refractivity contribution in [3.63, 3.8) is 0 Å². The van der Waals surface area contributed by atoms with Crippen molar-refractivity contribution in [2.45, 2.75) is 44.4 Å². The summed E-state index contributed by atoms with van der Waals surface area (Å²) in [5.74, 6) is 0.0784. The molecule has 36 heavy (non-hydrogen) atoms. The molecule has 192 valence electrons. The number of nitrogens with one attached hydrogen (secondary N) is 1. The monoisotopic (exact) mass is 494 g/mol. The Hall–Kier alpha value is -3.36. The van der Waals surface area contributed by atoms with Crippen LogP contribution in [-0.2, 0) is 16.0 Å². The zero-order chi connectivity index (χ0) is 25.8. The number of fused-ring (bicyclic) bond motifs is 3. The van der Waals surface area contributed by atoms with Crippen LogP contribution < -0.4 is 14.8 Å². The Morgan fingerprint density at radius 2 is 1.86 bits per heavy atom. The van der Waals surface area contributed by atoms with Crippen LogP contribution in [0.1, 0.15) is 30.9 Å². The van der Waals surface area contributed by atoms with E-state index >= 15 is 0 Å². The molecule has 0 saturated carbocycles. The van der Waals surface area contributed by atoms with Gasteiger partial charge in [-0.1, -0.05) is 50.2 Å². The summed E-state index contributed by atoms with van der Waals surface area (Å²) in [6, 6.07) is 14.3. The Balaban J connectivity index is 1.71. The van der Waals surface area contributed by atoms with Gasteiger partial charge < -0.3 is 29.9 Å². The van der Waals surface area contributed by atoms with Crippen LogP contribution in [0.2, 0.25) is 0 Å². The smallest absolute Gasteiger partial charge is 0.247 e. The molecule has 8 heteroatoms. The molecule has 0 aromatic heterocycles. The number of methoxy groups -OCH3 is 1. The zero-order valence-electron chi connectivity index (χ0n) is 20.9. The summed E-state index contributed by atoms with van der Waals surface area (Å²) in [6.45, 7) is 3.87. The number of nitrogens with zero attached hydrogens (tertiary/aromatic N) is 1. The van der Waals surface area contributed by atoms with Gasteiger partial charge in [0.25, 0.3) is 0 Å². The lowest BCUT2D eigenvalue weighted by Gasteiger charge is -2.41. The minimum absolute atomic E-state index is 0.103. The minimum Gasteiger partial charge on any atom is -0.496 e. The van der Waals surface area contributed by atoms with Gasteiger partial charge in [-0.15, -0.1) is 0 Å². The van der Waals surface area contributed by atoms with Crippen LogP contribution in [0, 0.1) is 5.92 Å². The van der Waals surface area contributed by atoms with Crippen LogP contribution in [0.4, 0.5) is 0 Å². The summed E-state index contributed by atoms with van der Waals surface area (Å²) in [5.41, 5.74) is 2.19. The molecule has 1 aliphatic heterocycles. The van der Waals surface area contributed by atoms with E-state index in [1.54, 1.807) is 18.1 Å². The highest BCUT2D eigenvalue weighted by Gasteiger charge is 2.50. The predicted octanol–water partition coefficient (Wildman–Crippen LogP) is 2.05. The summed E-state index contributed by atoms with van der Waals surface area (Å²) >= 11 is 0. The van der Waals surface area contributed by atoms with E-state index in [2.05, 4.69) is 5.32 Å². The quantitative estimate of drug-likeness (QED) is 0.493. The van der Waals surface area contributed by atoms with E-state index in [0.717, 1.165) is 16.9 Å². The van der Waals surface area contributed by atoms with Crippen LogP contribution in [0.15, 0.2) is 60.2 Å². The van der Waals surface area contributed by atoms with Gasteiger partial charge in [0.05, 0.1) is 25.7 Å². The van der Waals surface area contributed by atoms with Gasteiger partial charge in [-0.2, -0.15) is 0 Å². The molecule has 1 heterocycles. The second-order valence-electron chi connectivity index (χ2n) is 9.43. The first kappa shape index (κ1) is 25.7. The number of rotatable bonds is 9. The molecule has 1 aliphatic carbocycles. The fraction of sp³-hybridized carbons (Fsp3) is 0.429. The number of benzene rings is 2. The maximum Gasteiger partial charge on any atom is 0.247 e. The maximum atomic E-state index is 13.4. The number of amides is 2. The number of aliphatic hydroxyl groups is 2. The number of aliphatic hydroxyl groups excluding tert-OH is 2. The third-order valence-electron chi connectivity index (χ3n) is 6.83. The van der Waals surface area contributed by atoms with Crippen molar-refractivity contribution in [3.8, 4) is 11.5 Å². The van der Waals surface area contributed by atoms with E-state index in [9.17, 15) is 19.8 Å². The van der Waals surface area contributed by atoms with Crippen LogP contribution >= 0.6 is 0 Å². The van der Waals surface area contributed by atoms with E-state index in [1.807, 2.05) is 62.4 Å². The number of carbonyl (C=O) groups excluding carboxylic acids is 2. The number of hydrogen-bond acceptors (Lipinski definition) is 6. The molecule has 4 atom stereocenters. The largest absolute Gasteiger partial charge is 0.496 e. The molecule has 2 amide bonds. The molecular formula is C28H34N2O6. The molecule has 4 unspecified atom stereocenters. The first-order valence-electron chi connectivity index (χ1n) is 12.3. The van der Waals surface area contributed by atoms with Gasteiger partial charge in [0.15, 0.2) is 0 Å². The Bertz CT molecular complexity index is 1130. The lowest BCUT2D eigenvalue weighted by atomic mass is 9.77. The van der Waals surface area contributed by atoms with Gasteiger partial charge in [-0.25, -0.2) is 0 Å². The third kappa shape index (κ3) is 4.96. The van der Waals surface area contributed by atoms with Crippen molar-refractivity contribution in [1.82, 2.24) is 10.2 Å². The van der Waals surface area contributed by atoms with Gasteiger partial charge in [0.1, 0.15) is 23.7 Å². The van der Waals surface area contributed by atoms with Crippen molar-refractivity contribution >= 4 is 11.8 Å². The SMILES string of the molecule is COc1ccccc1CCN(C(=O)C(C)C)C1C=C(C(=O)NCCO)C2c3ccccc3OC2C1O. The highest BCUT2D eigenvalue weighted by atomic mass is 16.5. The van der Waals surface area contributed by atoms with E-state index in [0.29, 0.717) is 24.3 Å². The lowest BCUT2D eigenvalue weighted by molar-refractivity contribution is -0.140.